The first-order valence-electron chi connectivity index (χ1n) is 6.05. The number of benzene rings is 1. The minimum atomic E-state index is -0.665. The van der Waals surface area contributed by atoms with Gasteiger partial charge < -0.3 is 5.11 Å². The van der Waals surface area contributed by atoms with E-state index in [2.05, 4.69) is 6.07 Å². The third-order valence-electron chi connectivity index (χ3n) is 4.43. The molecule has 0 amide bonds. The second kappa shape index (κ2) is 3.34. The normalized spacial score (nSPS) is 25.9. The highest BCUT2D eigenvalue weighted by Crippen LogP contribution is 2.53. The predicted octanol–water partition coefficient (Wildman–Crippen LogP) is 3.07. The Bertz CT molecular complexity index is 432. The Labute approximate surface area is 95.3 Å². The summed E-state index contributed by atoms with van der Waals surface area (Å²) in [4.78, 5) is 11.2. The number of aliphatic carboxylic acids is 1. The average molecular weight is 216 g/mol. The molecular formula is C14H16O2. The molecule has 0 aliphatic heterocycles. The molecule has 0 heterocycles. The average Bonchev–Trinajstić information content (AvgIpc) is 2.25. The molecule has 2 heteroatoms. The van der Waals surface area contributed by atoms with Crippen molar-refractivity contribution in [3.8, 4) is 0 Å². The van der Waals surface area contributed by atoms with Crippen LogP contribution in [0.2, 0.25) is 0 Å². The van der Waals surface area contributed by atoms with Crippen LogP contribution < -0.4 is 0 Å². The van der Waals surface area contributed by atoms with E-state index < -0.39 is 5.97 Å². The summed E-state index contributed by atoms with van der Waals surface area (Å²) in [6.07, 6.45) is 5.66. The van der Waals surface area contributed by atoms with Gasteiger partial charge in [-0.05, 0) is 42.2 Å². The lowest BCUT2D eigenvalue weighted by atomic mass is 9.56. The van der Waals surface area contributed by atoms with Crippen molar-refractivity contribution in [3.05, 3.63) is 35.4 Å². The van der Waals surface area contributed by atoms with E-state index in [0.29, 0.717) is 5.41 Å². The summed E-state index contributed by atoms with van der Waals surface area (Å²) in [5.41, 5.74) is 2.73. The van der Waals surface area contributed by atoms with Gasteiger partial charge in [-0.3, -0.25) is 4.79 Å². The molecule has 2 nitrogen and oxygen atoms in total. The first kappa shape index (κ1) is 9.88. The van der Waals surface area contributed by atoms with Gasteiger partial charge in [-0.1, -0.05) is 30.7 Å². The standard InChI is InChI=1S/C14H16O2/c15-13(16)11-6-9-14(7-3-8-14)12-5-2-1-4-10(11)12/h1-2,4-5,11H,3,6-9H2,(H,15,16). The third kappa shape index (κ3) is 1.22. The Balaban J connectivity index is 2.09. The summed E-state index contributed by atoms with van der Waals surface area (Å²) in [6.45, 7) is 0. The van der Waals surface area contributed by atoms with Crippen LogP contribution in [0.5, 0.6) is 0 Å². The van der Waals surface area contributed by atoms with Crippen molar-refractivity contribution in [1.82, 2.24) is 0 Å². The summed E-state index contributed by atoms with van der Waals surface area (Å²) in [6, 6.07) is 8.16. The zero-order chi connectivity index (χ0) is 11.2. The van der Waals surface area contributed by atoms with Gasteiger partial charge in [-0.25, -0.2) is 0 Å². The van der Waals surface area contributed by atoms with E-state index in [1.165, 1.54) is 24.8 Å². The lowest BCUT2D eigenvalue weighted by Gasteiger charge is -2.47. The molecule has 2 aliphatic rings. The zero-order valence-electron chi connectivity index (χ0n) is 9.28. The highest BCUT2D eigenvalue weighted by molar-refractivity contribution is 5.77. The van der Waals surface area contributed by atoms with Gasteiger partial charge in [-0.15, -0.1) is 0 Å². The quantitative estimate of drug-likeness (QED) is 0.783. The summed E-state index contributed by atoms with van der Waals surface area (Å²) in [7, 11) is 0. The van der Waals surface area contributed by atoms with E-state index in [4.69, 9.17) is 0 Å². The maximum absolute atomic E-state index is 11.2. The Morgan fingerprint density at radius 1 is 1.25 bits per heavy atom. The molecule has 1 atom stereocenters. The van der Waals surface area contributed by atoms with Crippen molar-refractivity contribution in [2.75, 3.05) is 0 Å². The van der Waals surface area contributed by atoms with Gasteiger partial charge in [0.05, 0.1) is 5.92 Å². The summed E-state index contributed by atoms with van der Waals surface area (Å²) >= 11 is 0. The largest absolute Gasteiger partial charge is 0.481 e. The summed E-state index contributed by atoms with van der Waals surface area (Å²) in [5.74, 6) is -0.941. The van der Waals surface area contributed by atoms with E-state index >= 15 is 0 Å². The highest BCUT2D eigenvalue weighted by atomic mass is 16.4. The summed E-state index contributed by atoms with van der Waals surface area (Å²) < 4.78 is 0. The Morgan fingerprint density at radius 3 is 2.62 bits per heavy atom. The predicted molar refractivity (Wildman–Crippen MR) is 61.6 cm³/mol. The Hall–Kier alpha value is -1.31. The van der Waals surface area contributed by atoms with Gasteiger partial charge in [0.1, 0.15) is 0 Å². The highest BCUT2D eigenvalue weighted by Gasteiger charge is 2.45. The number of fused-ring (bicyclic) bond motifs is 2. The molecule has 2 aliphatic carbocycles. The van der Waals surface area contributed by atoms with E-state index in [0.717, 1.165) is 18.4 Å². The maximum Gasteiger partial charge on any atom is 0.310 e. The summed E-state index contributed by atoms with van der Waals surface area (Å²) in [5, 5.41) is 9.25. The molecule has 0 radical (unpaired) electrons. The number of carboxylic acid groups (broad SMARTS) is 1. The van der Waals surface area contributed by atoms with Crippen molar-refractivity contribution in [2.24, 2.45) is 0 Å². The minimum Gasteiger partial charge on any atom is -0.481 e. The molecule has 1 unspecified atom stereocenters. The van der Waals surface area contributed by atoms with Crippen molar-refractivity contribution >= 4 is 5.97 Å². The van der Waals surface area contributed by atoms with E-state index in [1.54, 1.807) is 0 Å². The van der Waals surface area contributed by atoms with Crippen LogP contribution in [-0.2, 0) is 10.2 Å². The fourth-order valence-electron chi connectivity index (χ4n) is 3.37. The van der Waals surface area contributed by atoms with Crippen LogP contribution in [0.15, 0.2) is 24.3 Å². The van der Waals surface area contributed by atoms with Crippen LogP contribution in [0, 0.1) is 0 Å². The Kier molecular flexibility index (Phi) is 2.06. The van der Waals surface area contributed by atoms with Crippen LogP contribution >= 0.6 is 0 Å². The monoisotopic (exact) mass is 216 g/mol. The van der Waals surface area contributed by atoms with Gasteiger partial charge >= 0.3 is 5.97 Å². The second-order valence-corrected chi connectivity index (χ2v) is 5.15. The number of carboxylic acids is 1. The molecule has 1 N–H and O–H groups in total. The molecule has 0 bridgehead atoms. The van der Waals surface area contributed by atoms with Gasteiger partial charge in [0.15, 0.2) is 0 Å². The zero-order valence-corrected chi connectivity index (χ0v) is 9.28. The molecule has 0 aromatic heterocycles. The Morgan fingerprint density at radius 2 is 2.00 bits per heavy atom. The number of carbonyl (C=O) groups is 1. The number of hydrogen-bond acceptors (Lipinski definition) is 1. The van der Waals surface area contributed by atoms with E-state index in [1.807, 2.05) is 18.2 Å². The third-order valence-corrected chi connectivity index (χ3v) is 4.43. The molecular weight excluding hydrogens is 200 g/mol. The van der Waals surface area contributed by atoms with Gasteiger partial charge in [0.2, 0.25) is 0 Å². The second-order valence-electron chi connectivity index (χ2n) is 5.15. The van der Waals surface area contributed by atoms with Crippen molar-refractivity contribution in [1.29, 1.82) is 0 Å². The maximum atomic E-state index is 11.2. The van der Waals surface area contributed by atoms with E-state index in [-0.39, 0.29) is 5.92 Å². The van der Waals surface area contributed by atoms with Gasteiger partial charge in [-0.2, -0.15) is 0 Å². The van der Waals surface area contributed by atoms with Crippen LogP contribution in [0.1, 0.15) is 49.1 Å². The number of hydrogen-bond donors (Lipinski definition) is 1. The molecule has 1 spiro atoms. The van der Waals surface area contributed by atoms with Crippen molar-refractivity contribution in [2.45, 2.75) is 43.4 Å². The minimum absolute atomic E-state index is 0.276. The lowest BCUT2D eigenvalue weighted by molar-refractivity contribution is -0.139. The lowest BCUT2D eigenvalue weighted by Crippen LogP contribution is -2.39. The number of rotatable bonds is 1. The molecule has 1 aromatic carbocycles. The van der Waals surface area contributed by atoms with Crippen molar-refractivity contribution < 1.29 is 9.90 Å². The molecule has 1 aromatic rings. The molecule has 0 saturated heterocycles. The first-order valence-corrected chi connectivity index (χ1v) is 6.05. The van der Waals surface area contributed by atoms with E-state index in [9.17, 15) is 9.90 Å². The molecule has 16 heavy (non-hydrogen) atoms. The van der Waals surface area contributed by atoms with Gasteiger partial charge in [0, 0.05) is 0 Å². The molecule has 1 fully saturated rings. The van der Waals surface area contributed by atoms with Crippen molar-refractivity contribution in [3.63, 3.8) is 0 Å². The molecule has 1 saturated carbocycles. The fraction of sp³-hybridized carbons (Fsp3) is 0.500. The topological polar surface area (TPSA) is 37.3 Å². The SMILES string of the molecule is O=C(O)C1CCC2(CCC2)c2ccccc21. The van der Waals surface area contributed by atoms with Crippen LogP contribution in [0.3, 0.4) is 0 Å². The first-order chi connectivity index (χ1) is 7.73. The fourth-order valence-corrected chi connectivity index (χ4v) is 3.37. The van der Waals surface area contributed by atoms with Crippen LogP contribution in [0.4, 0.5) is 0 Å². The molecule has 84 valence electrons. The van der Waals surface area contributed by atoms with Gasteiger partial charge in [0.25, 0.3) is 0 Å². The molecule has 3 rings (SSSR count). The smallest absolute Gasteiger partial charge is 0.310 e. The van der Waals surface area contributed by atoms with Crippen LogP contribution in [0.25, 0.3) is 0 Å². The van der Waals surface area contributed by atoms with Crippen LogP contribution in [-0.4, -0.2) is 11.1 Å².